The number of carboxylic acids is 1. The topological polar surface area (TPSA) is 101 Å². The molecule has 1 fully saturated rings. The third kappa shape index (κ3) is 2.02. The number of hydrogen-bond donors (Lipinski definition) is 1. The minimum Gasteiger partial charge on any atom is -0.481 e. The van der Waals surface area contributed by atoms with Crippen molar-refractivity contribution >= 4 is 17.6 Å². The van der Waals surface area contributed by atoms with Crippen molar-refractivity contribution in [1.82, 2.24) is 4.90 Å². The zero-order chi connectivity index (χ0) is 13.3. The molecule has 7 heteroatoms. The van der Waals surface area contributed by atoms with Gasteiger partial charge in [-0.25, -0.2) is 0 Å². The number of hydrogen-bond acceptors (Lipinski definition) is 4. The number of likely N-dealkylation sites (tertiary alicyclic amines) is 1. The molecule has 1 saturated heterocycles. The van der Waals surface area contributed by atoms with E-state index in [1.165, 1.54) is 29.2 Å². The summed E-state index contributed by atoms with van der Waals surface area (Å²) in [6.45, 7) is 0.195. The summed E-state index contributed by atoms with van der Waals surface area (Å²) in [7, 11) is 0. The molecule has 0 spiro atoms. The van der Waals surface area contributed by atoms with Crippen molar-refractivity contribution in [2.45, 2.75) is 0 Å². The van der Waals surface area contributed by atoms with Crippen LogP contribution in [0.2, 0.25) is 0 Å². The second-order valence-electron chi connectivity index (χ2n) is 4.02. The Morgan fingerprint density at radius 2 is 1.94 bits per heavy atom. The van der Waals surface area contributed by atoms with Gasteiger partial charge in [-0.15, -0.1) is 0 Å². The van der Waals surface area contributed by atoms with Crippen LogP contribution in [0, 0.1) is 16.0 Å². The maximum atomic E-state index is 11.9. The second-order valence-corrected chi connectivity index (χ2v) is 4.02. The van der Waals surface area contributed by atoms with Gasteiger partial charge in [0.05, 0.1) is 10.8 Å². The molecular weight excluding hydrogens is 240 g/mol. The highest BCUT2D eigenvalue weighted by Gasteiger charge is 2.37. The van der Waals surface area contributed by atoms with Crippen molar-refractivity contribution in [2.75, 3.05) is 13.1 Å². The van der Waals surface area contributed by atoms with Crippen LogP contribution in [0.15, 0.2) is 24.3 Å². The zero-order valence-corrected chi connectivity index (χ0v) is 9.28. The Hall–Kier alpha value is -2.44. The number of aliphatic carboxylic acids is 1. The van der Waals surface area contributed by atoms with Crippen LogP contribution in [-0.4, -0.2) is 39.9 Å². The Bertz CT molecular complexity index is 522. The highest BCUT2D eigenvalue weighted by atomic mass is 16.6. The monoisotopic (exact) mass is 250 g/mol. The molecule has 1 N–H and O–H groups in total. The van der Waals surface area contributed by atoms with E-state index in [-0.39, 0.29) is 24.3 Å². The summed E-state index contributed by atoms with van der Waals surface area (Å²) in [5.74, 6) is -2.03. The quantitative estimate of drug-likeness (QED) is 0.630. The molecule has 7 nitrogen and oxygen atoms in total. The van der Waals surface area contributed by atoms with Crippen LogP contribution < -0.4 is 0 Å². The van der Waals surface area contributed by atoms with Gasteiger partial charge >= 0.3 is 5.97 Å². The van der Waals surface area contributed by atoms with E-state index in [4.69, 9.17) is 5.11 Å². The van der Waals surface area contributed by atoms with Crippen LogP contribution in [-0.2, 0) is 4.79 Å². The standard InChI is InChI=1S/C11H10N2O5/c14-10(12-5-7(6-12)11(15)16)8-3-1-2-4-9(8)13(17)18/h1-4,7H,5-6H2,(H,15,16). The lowest BCUT2D eigenvalue weighted by atomic mass is 9.99. The van der Waals surface area contributed by atoms with E-state index in [0.29, 0.717) is 0 Å². The number of nitro groups is 1. The average molecular weight is 250 g/mol. The van der Waals surface area contributed by atoms with Crippen molar-refractivity contribution in [3.63, 3.8) is 0 Å². The normalized spacial score (nSPS) is 15.0. The Morgan fingerprint density at radius 3 is 2.50 bits per heavy atom. The Labute approximate surface area is 102 Å². The number of nitrogens with zero attached hydrogens (tertiary/aromatic N) is 2. The number of rotatable bonds is 3. The number of carbonyl (C=O) groups excluding carboxylic acids is 1. The lowest BCUT2D eigenvalue weighted by Crippen LogP contribution is -2.53. The summed E-state index contributed by atoms with van der Waals surface area (Å²) in [4.78, 5) is 34.0. The molecule has 0 aromatic heterocycles. The fourth-order valence-electron chi connectivity index (χ4n) is 1.78. The molecule has 1 aliphatic heterocycles. The first kappa shape index (κ1) is 12.0. The van der Waals surface area contributed by atoms with Crippen molar-refractivity contribution in [3.8, 4) is 0 Å². The molecule has 1 aromatic carbocycles. The van der Waals surface area contributed by atoms with Gasteiger partial charge < -0.3 is 10.0 Å². The maximum absolute atomic E-state index is 11.9. The summed E-state index contributed by atoms with van der Waals surface area (Å²) in [6.07, 6.45) is 0. The number of carboxylic acid groups (broad SMARTS) is 1. The minimum atomic E-state index is -0.957. The molecule has 1 aromatic rings. The van der Waals surface area contributed by atoms with Gasteiger partial charge in [-0.1, -0.05) is 12.1 Å². The molecule has 1 aliphatic rings. The average Bonchev–Trinajstić information content (AvgIpc) is 2.26. The van der Waals surface area contributed by atoms with Crippen LogP contribution >= 0.6 is 0 Å². The Balaban J connectivity index is 2.16. The van der Waals surface area contributed by atoms with Crippen LogP contribution in [0.5, 0.6) is 0 Å². The molecule has 1 amide bonds. The first-order valence-electron chi connectivity index (χ1n) is 5.26. The predicted octanol–water partition coefficient (Wildman–Crippen LogP) is 0.751. The number of benzene rings is 1. The summed E-state index contributed by atoms with van der Waals surface area (Å²) in [6, 6.07) is 5.63. The van der Waals surface area contributed by atoms with E-state index in [1.54, 1.807) is 0 Å². The molecule has 0 bridgehead atoms. The van der Waals surface area contributed by atoms with Crippen molar-refractivity contribution in [2.24, 2.45) is 5.92 Å². The first-order chi connectivity index (χ1) is 8.50. The zero-order valence-electron chi connectivity index (χ0n) is 9.28. The summed E-state index contributed by atoms with van der Waals surface area (Å²) in [5.41, 5.74) is -0.271. The minimum absolute atomic E-state index is 0.00802. The van der Waals surface area contributed by atoms with Gasteiger partial charge in [0.15, 0.2) is 0 Å². The fourth-order valence-corrected chi connectivity index (χ4v) is 1.78. The Kier molecular flexibility index (Phi) is 2.97. The van der Waals surface area contributed by atoms with Gasteiger partial charge in [-0.05, 0) is 6.07 Å². The smallest absolute Gasteiger partial charge is 0.310 e. The number of nitro benzene ring substituents is 1. The SMILES string of the molecule is O=C(O)C1CN(C(=O)c2ccccc2[N+](=O)[O-])C1. The highest BCUT2D eigenvalue weighted by molar-refractivity contribution is 5.99. The largest absolute Gasteiger partial charge is 0.481 e. The summed E-state index contributed by atoms with van der Waals surface area (Å²) < 4.78 is 0. The summed E-state index contributed by atoms with van der Waals surface area (Å²) >= 11 is 0. The van der Waals surface area contributed by atoms with Crippen molar-refractivity contribution in [3.05, 3.63) is 39.9 Å². The van der Waals surface area contributed by atoms with Crippen LogP contribution in [0.1, 0.15) is 10.4 Å². The van der Waals surface area contributed by atoms with E-state index in [1.807, 2.05) is 0 Å². The number of para-hydroxylation sites is 1. The third-order valence-corrected chi connectivity index (χ3v) is 2.85. The van der Waals surface area contributed by atoms with Gasteiger partial charge in [0.25, 0.3) is 11.6 Å². The van der Waals surface area contributed by atoms with Crippen LogP contribution in [0.4, 0.5) is 5.69 Å². The van der Waals surface area contributed by atoms with Crippen molar-refractivity contribution < 1.29 is 19.6 Å². The van der Waals surface area contributed by atoms with Crippen LogP contribution in [0.3, 0.4) is 0 Å². The maximum Gasteiger partial charge on any atom is 0.310 e. The van der Waals surface area contributed by atoms with E-state index >= 15 is 0 Å². The van der Waals surface area contributed by atoms with Crippen LogP contribution in [0.25, 0.3) is 0 Å². The van der Waals surface area contributed by atoms with Gasteiger partial charge in [-0.3, -0.25) is 19.7 Å². The van der Waals surface area contributed by atoms with E-state index in [0.717, 1.165) is 0 Å². The Morgan fingerprint density at radius 1 is 1.33 bits per heavy atom. The molecule has 0 radical (unpaired) electrons. The first-order valence-corrected chi connectivity index (χ1v) is 5.26. The lowest BCUT2D eigenvalue weighted by molar-refractivity contribution is -0.385. The molecular formula is C11H10N2O5. The van der Waals surface area contributed by atoms with E-state index in [9.17, 15) is 19.7 Å². The summed E-state index contributed by atoms with van der Waals surface area (Å²) in [5, 5.41) is 19.5. The third-order valence-electron chi connectivity index (χ3n) is 2.85. The molecule has 0 saturated carbocycles. The number of carbonyl (C=O) groups is 2. The molecule has 2 rings (SSSR count). The second kappa shape index (κ2) is 4.44. The molecule has 0 atom stereocenters. The molecule has 0 unspecified atom stereocenters. The van der Waals surface area contributed by atoms with E-state index in [2.05, 4.69) is 0 Å². The van der Waals surface area contributed by atoms with Gasteiger partial charge in [0.1, 0.15) is 5.56 Å². The molecule has 94 valence electrons. The lowest BCUT2D eigenvalue weighted by Gasteiger charge is -2.36. The molecule has 1 heterocycles. The fraction of sp³-hybridized carbons (Fsp3) is 0.273. The van der Waals surface area contributed by atoms with E-state index < -0.39 is 22.7 Å². The molecule has 0 aliphatic carbocycles. The number of amides is 1. The van der Waals surface area contributed by atoms with Crippen molar-refractivity contribution in [1.29, 1.82) is 0 Å². The van der Waals surface area contributed by atoms with Gasteiger partial charge in [0.2, 0.25) is 0 Å². The van der Waals surface area contributed by atoms with Gasteiger partial charge in [0, 0.05) is 19.2 Å². The molecule has 18 heavy (non-hydrogen) atoms. The predicted molar refractivity (Wildman–Crippen MR) is 60.1 cm³/mol. The highest BCUT2D eigenvalue weighted by Crippen LogP contribution is 2.24. The van der Waals surface area contributed by atoms with Gasteiger partial charge in [-0.2, -0.15) is 0 Å².